The molecular weight excluding hydrogens is 290 g/mol. The van der Waals surface area contributed by atoms with Crippen molar-refractivity contribution in [3.05, 3.63) is 27.7 Å². The summed E-state index contributed by atoms with van der Waals surface area (Å²) in [6.45, 7) is 0.597. The van der Waals surface area contributed by atoms with E-state index in [9.17, 15) is 4.79 Å². The van der Waals surface area contributed by atoms with Crippen LogP contribution in [0.2, 0.25) is 0 Å². The number of aliphatic carboxylic acids is 1. The Labute approximate surface area is 107 Å². The number of ether oxygens (including phenoxy) is 2. The Kier molecular flexibility index (Phi) is 3.66. The topological polar surface area (TPSA) is 81.8 Å². The van der Waals surface area contributed by atoms with Crippen molar-refractivity contribution in [2.24, 2.45) is 5.73 Å². The van der Waals surface area contributed by atoms with Crippen molar-refractivity contribution in [1.82, 2.24) is 0 Å². The maximum atomic E-state index is 10.7. The zero-order valence-corrected chi connectivity index (χ0v) is 10.6. The summed E-state index contributed by atoms with van der Waals surface area (Å²) in [5, 5.41) is 8.78. The summed E-state index contributed by atoms with van der Waals surface area (Å²) < 4.78 is 11.3. The van der Waals surface area contributed by atoms with Crippen molar-refractivity contribution >= 4 is 21.9 Å². The number of benzene rings is 1. The molecule has 0 fully saturated rings. The van der Waals surface area contributed by atoms with E-state index in [2.05, 4.69) is 15.9 Å². The zero-order valence-electron chi connectivity index (χ0n) is 8.98. The molecule has 0 aliphatic carbocycles. The van der Waals surface area contributed by atoms with Gasteiger partial charge in [-0.05, 0) is 17.7 Å². The number of hydrogen-bond acceptors (Lipinski definition) is 4. The van der Waals surface area contributed by atoms with Crippen LogP contribution < -0.4 is 10.5 Å². The Hall–Kier alpha value is -1.11. The van der Waals surface area contributed by atoms with Gasteiger partial charge in [-0.3, -0.25) is 4.79 Å². The first-order valence-electron chi connectivity index (χ1n) is 5.08. The number of fused-ring (bicyclic) bond motifs is 1. The summed E-state index contributed by atoms with van der Waals surface area (Å²) >= 11 is 3.38. The molecule has 0 bridgehead atoms. The average molecular weight is 302 g/mol. The van der Waals surface area contributed by atoms with Gasteiger partial charge in [0.05, 0.1) is 13.0 Å². The van der Waals surface area contributed by atoms with Crippen molar-refractivity contribution < 1.29 is 19.4 Å². The van der Waals surface area contributed by atoms with Crippen LogP contribution in [-0.2, 0) is 16.1 Å². The van der Waals surface area contributed by atoms with Gasteiger partial charge in [0.2, 0.25) is 0 Å². The molecule has 2 rings (SSSR count). The molecule has 6 heteroatoms. The molecule has 1 atom stereocenters. The number of carbonyl (C=O) groups is 1. The second-order valence-electron chi connectivity index (χ2n) is 3.75. The van der Waals surface area contributed by atoms with Gasteiger partial charge in [-0.25, -0.2) is 0 Å². The Balaban J connectivity index is 2.40. The lowest BCUT2D eigenvalue weighted by molar-refractivity contribution is -0.137. The fraction of sp³-hybridized carbons (Fsp3) is 0.364. The molecule has 1 unspecified atom stereocenters. The second kappa shape index (κ2) is 5.03. The van der Waals surface area contributed by atoms with E-state index in [0.29, 0.717) is 12.4 Å². The van der Waals surface area contributed by atoms with E-state index >= 15 is 0 Å². The molecule has 1 aromatic rings. The fourth-order valence-electron chi connectivity index (χ4n) is 1.84. The lowest BCUT2D eigenvalue weighted by atomic mass is 9.98. The predicted octanol–water partition coefficient (Wildman–Crippen LogP) is 1.79. The van der Waals surface area contributed by atoms with Gasteiger partial charge in [-0.15, -0.1) is 0 Å². The van der Waals surface area contributed by atoms with Crippen molar-refractivity contribution in [2.75, 3.05) is 6.79 Å². The maximum Gasteiger partial charge on any atom is 0.305 e. The number of carboxylic acids is 1. The molecular formula is C11H12BrNO4. The first-order valence-corrected chi connectivity index (χ1v) is 5.88. The van der Waals surface area contributed by atoms with Crippen LogP contribution in [0, 0.1) is 0 Å². The highest BCUT2D eigenvalue weighted by atomic mass is 79.9. The van der Waals surface area contributed by atoms with Crippen LogP contribution in [-0.4, -0.2) is 17.9 Å². The lowest BCUT2D eigenvalue weighted by Crippen LogP contribution is -2.21. The number of hydrogen-bond donors (Lipinski definition) is 2. The Bertz CT molecular complexity index is 449. The number of nitrogens with two attached hydrogens (primary N) is 1. The predicted molar refractivity (Wildman–Crippen MR) is 63.6 cm³/mol. The van der Waals surface area contributed by atoms with Crippen LogP contribution in [0.15, 0.2) is 16.6 Å². The summed E-state index contributed by atoms with van der Waals surface area (Å²) in [5.74, 6) is -0.227. The maximum absolute atomic E-state index is 10.7. The molecule has 0 amide bonds. The minimum absolute atomic E-state index is 0.130. The number of carboxylic acid groups (broad SMARTS) is 1. The van der Waals surface area contributed by atoms with E-state index in [0.717, 1.165) is 15.6 Å². The molecule has 3 N–H and O–H groups in total. The van der Waals surface area contributed by atoms with Gasteiger partial charge in [0, 0.05) is 16.1 Å². The van der Waals surface area contributed by atoms with Gasteiger partial charge in [-0.1, -0.05) is 15.9 Å². The molecule has 0 radical (unpaired) electrons. The molecule has 1 aromatic carbocycles. The highest BCUT2D eigenvalue weighted by Gasteiger charge is 2.22. The van der Waals surface area contributed by atoms with Crippen LogP contribution in [0.1, 0.15) is 23.6 Å². The standard InChI is InChI=1S/C11H12BrNO4/c12-7-1-2-9-6(4-16-5-17-9)11(7)8(13)3-10(14)15/h1-2,8H,3-5,13H2,(H,14,15). The van der Waals surface area contributed by atoms with Crippen LogP contribution in [0.3, 0.4) is 0 Å². The zero-order chi connectivity index (χ0) is 12.4. The van der Waals surface area contributed by atoms with Gasteiger partial charge in [0.15, 0.2) is 6.79 Å². The van der Waals surface area contributed by atoms with Crippen molar-refractivity contribution in [1.29, 1.82) is 0 Å². The largest absolute Gasteiger partial charge is 0.481 e. The van der Waals surface area contributed by atoms with Crippen molar-refractivity contribution in [3.63, 3.8) is 0 Å². The highest BCUT2D eigenvalue weighted by molar-refractivity contribution is 9.10. The van der Waals surface area contributed by atoms with E-state index < -0.39 is 12.0 Å². The quantitative estimate of drug-likeness (QED) is 0.889. The Morgan fingerprint density at radius 2 is 2.35 bits per heavy atom. The monoisotopic (exact) mass is 301 g/mol. The van der Waals surface area contributed by atoms with Crippen LogP contribution in [0.5, 0.6) is 5.75 Å². The first kappa shape index (κ1) is 12.3. The first-order chi connectivity index (χ1) is 8.09. The summed E-state index contributed by atoms with van der Waals surface area (Å²) in [6.07, 6.45) is -0.130. The third-order valence-corrected chi connectivity index (χ3v) is 3.26. The molecule has 17 heavy (non-hydrogen) atoms. The molecule has 0 aromatic heterocycles. The van der Waals surface area contributed by atoms with Crippen LogP contribution in [0.4, 0.5) is 0 Å². The van der Waals surface area contributed by atoms with E-state index in [1.165, 1.54) is 0 Å². The van der Waals surface area contributed by atoms with E-state index in [-0.39, 0.29) is 13.2 Å². The summed E-state index contributed by atoms with van der Waals surface area (Å²) in [6, 6.07) is 3.04. The molecule has 0 spiro atoms. The minimum atomic E-state index is -0.931. The lowest BCUT2D eigenvalue weighted by Gasteiger charge is -2.23. The van der Waals surface area contributed by atoms with Gasteiger partial charge >= 0.3 is 5.97 Å². The van der Waals surface area contributed by atoms with E-state index in [4.69, 9.17) is 20.3 Å². The average Bonchev–Trinajstić information content (AvgIpc) is 2.27. The van der Waals surface area contributed by atoms with E-state index in [1.807, 2.05) is 6.07 Å². The molecule has 5 nitrogen and oxygen atoms in total. The molecule has 92 valence electrons. The van der Waals surface area contributed by atoms with Gasteiger partial charge < -0.3 is 20.3 Å². The molecule has 1 heterocycles. The molecule has 1 aliphatic heterocycles. The number of halogens is 1. The molecule has 1 aliphatic rings. The third kappa shape index (κ3) is 2.59. The molecule has 0 saturated heterocycles. The SMILES string of the molecule is NC(CC(=O)O)c1c(Br)ccc2c1COCO2. The second-order valence-corrected chi connectivity index (χ2v) is 4.61. The van der Waals surface area contributed by atoms with Crippen molar-refractivity contribution in [2.45, 2.75) is 19.1 Å². The molecule has 0 saturated carbocycles. The van der Waals surface area contributed by atoms with Crippen LogP contribution >= 0.6 is 15.9 Å². The summed E-state index contributed by atoms with van der Waals surface area (Å²) in [5.41, 5.74) is 7.46. The van der Waals surface area contributed by atoms with Gasteiger partial charge in [-0.2, -0.15) is 0 Å². The van der Waals surface area contributed by atoms with Crippen molar-refractivity contribution in [3.8, 4) is 5.75 Å². The third-order valence-electron chi connectivity index (χ3n) is 2.57. The van der Waals surface area contributed by atoms with Gasteiger partial charge in [0.25, 0.3) is 0 Å². The van der Waals surface area contributed by atoms with Crippen LogP contribution in [0.25, 0.3) is 0 Å². The smallest absolute Gasteiger partial charge is 0.305 e. The van der Waals surface area contributed by atoms with E-state index in [1.54, 1.807) is 6.07 Å². The normalized spacial score (nSPS) is 15.9. The Morgan fingerprint density at radius 1 is 1.59 bits per heavy atom. The summed E-state index contributed by atoms with van der Waals surface area (Å²) in [4.78, 5) is 10.7. The fourth-order valence-corrected chi connectivity index (χ4v) is 2.51. The Morgan fingerprint density at radius 3 is 3.06 bits per heavy atom. The minimum Gasteiger partial charge on any atom is -0.481 e. The van der Waals surface area contributed by atoms with Gasteiger partial charge in [0.1, 0.15) is 5.75 Å². The highest BCUT2D eigenvalue weighted by Crippen LogP contribution is 2.36. The number of rotatable bonds is 3. The summed E-state index contributed by atoms with van der Waals surface area (Å²) in [7, 11) is 0.